The number of hydrogen-bond donors (Lipinski definition) is 0. The number of allylic oxidation sites excluding steroid dienone is 1. The minimum Gasteiger partial charge on any atom is -0.456 e. The first kappa shape index (κ1) is 31.8. The van der Waals surface area contributed by atoms with E-state index >= 15 is 0 Å². The van der Waals surface area contributed by atoms with Gasteiger partial charge in [0, 0.05) is 33.1 Å². The van der Waals surface area contributed by atoms with E-state index in [4.69, 9.17) is 4.42 Å². The molecule has 262 valence electrons. The first-order valence-corrected chi connectivity index (χ1v) is 19.4. The summed E-state index contributed by atoms with van der Waals surface area (Å²) in [4.78, 5) is 2.45. The van der Waals surface area contributed by atoms with Crippen LogP contribution in [0.2, 0.25) is 0 Å². The second-order valence-electron chi connectivity index (χ2n) is 15.6. The van der Waals surface area contributed by atoms with Gasteiger partial charge in [-0.25, -0.2) is 0 Å². The lowest BCUT2D eigenvalue weighted by Gasteiger charge is -2.30. The molecule has 0 bridgehead atoms. The number of para-hydroxylation sites is 1. The van der Waals surface area contributed by atoms with Gasteiger partial charge in [-0.3, -0.25) is 0 Å². The summed E-state index contributed by atoms with van der Waals surface area (Å²) < 4.78 is 6.42. The summed E-state index contributed by atoms with van der Waals surface area (Å²) in [5, 5.41) is 4.66. The van der Waals surface area contributed by atoms with Crippen LogP contribution in [0, 0.1) is 0 Å². The van der Waals surface area contributed by atoms with Gasteiger partial charge in [0.25, 0.3) is 0 Å². The van der Waals surface area contributed by atoms with Crippen molar-refractivity contribution in [3.05, 3.63) is 192 Å². The summed E-state index contributed by atoms with van der Waals surface area (Å²) in [5.41, 5.74) is 18.1. The molecule has 0 radical (unpaired) electrons. The van der Waals surface area contributed by atoms with Gasteiger partial charge in [-0.15, -0.1) is 0 Å². The van der Waals surface area contributed by atoms with E-state index < -0.39 is 0 Å². The van der Waals surface area contributed by atoms with Crippen molar-refractivity contribution >= 4 is 55.8 Å². The summed E-state index contributed by atoms with van der Waals surface area (Å²) >= 11 is 0. The van der Waals surface area contributed by atoms with E-state index in [1.807, 2.05) is 0 Å². The highest BCUT2D eigenvalue weighted by Crippen LogP contribution is 2.51. The molecule has 0 saturated carbocycles. The Morgan fingerprint density at radius 2 is 1.20 bits per heavy atom. The molecule has 1 aromatic heterocycles. The molecule has 8 aromatic carbocycles. The minimum atomic E-state index is -0.117. The summed E-state index contributed by atoms with van der Waals surface area (Å²) in [6.07, 6.45) is 6.81. The van der Waals surface area contributed by atoms with Crippen molar-refractivity contribution in [1.82, 2.24) is 0 Å². The third-order valence-corrected chi connectivity index (χ3v) is 12.1. The van der Waals surface area contributed by atoms with E-state index in [1.54, 1.807) is 0 Å². The molecule has 0 aliphatic heterocycles. The smallest absolute Gasteiger partial charge is 0.136 e. The molecule has 0 unspecified atom stereocenters. The van der Waals surface area contributed by atoms with Crippen LogP contribution in [0.1, 0.15) is 42.5 Å². The zero-order valence-electron chi connectivity index (χ0n) is 31.0. The number of furan rings is 1. The SMILES string of the molecule is CC1(C)c2ccccc2-c2ccc(N(c3ccc(-c4cccc5c4C=CCC5)cc3)c3ccccc3-c3ccc4oc5cc6ccccc6cc5c4c3)cc21. The zero-order valence-corrected chi connectivity index (χ0v) is 31.0. The quantitative estimate of drug-likeness (QED) is 0.177. The van der Waals surface area contributed by atoms with Crippen molar-refractivity contribution in [3.8, 4) is 33.4 Å². The number of fused-ring (bicyclic) bond motifs is 8. The third-order valence-electron chi connectivity index (χ3n) is 12.1. The van der Waals surface area contributed by atoms with E-state index in [2.05, 4.69) is 195 Å². The van der Waals surface area contributed by atoms with Crippen molar-refractivity contribution in [3.63, 3.8) is 0 Å². The highest BCUT2D eigenvalue weighted by Gasteiger charge is 2.36. The van der Waals surface area contributed by atoms with Crippen LogP contribution in [-0.4, -0.2) is 0 Å². The molecule has 2 heteroatoms. The van der Waals surface area contributed by atoms with Gasteiger partial charge in [0.05, 0.1) is 5.69 Å². The fourth-order valence-electron chi connectivity index (χ4n) is 9.31. The molecular formula is C53H39NO. The fourth-order valence-corrected chi connectivity index (χ4v) is 9.31. The van der Waals surface area contributed by atoms with Crippen LogP contribution >= 0.6 is 0 Å². The maximum absolute atomic E-state index is 6.42. The number of anilines is 3. The van der Waals surface area contributed by atoms with Crippen LogP contribution in [0.3, 0.4) is 0 Å². The van der Waals surface area contributed by atoms with Crippen molar-refractivity contribution < 1.29 is 4.42 Å². The van der Waals surface area contributed by atoms with E-state index in [9.17, 15) is 0 Å². The predicted octanol–water partition coefficient (Wildman–Crippen LogP) is 14.8. The molecule has 0 N–H and O–H groups in total. The Morgan fingerprint density at radius 3 is 2.07 bits per heavy atom. The molecule has 9 aromatic rings. The molecule has 2 aliphatic rings. The van der Waals surface area contributed by atoms with Crippen LogP contribution in [0.4, 0.5) is 17.1 Å². The molecule has 11 rings (SSSR count). The molecule has 55 heavy (non-hydrogen) atoms. The lowest BCUT2D eigenvalue weighted by molar-refractivity contribution is 0.660. The Labute approximate surface area is 321 Å². The normalized spacial score (nSPS) is 13.9. The van der Waals surface area contributed by atoms with Gasteiger partial charge in [-0.2, -0.15) is 0 Å². The first-order chi connectivity index (χ1) is 27.0. The fraction of sp³-hybridized carbons (Fsp3) is 0.0943. The summed E-state index contributed by atoms with van der Waals surface area (Å²) in [6, 6.07) is 60.3. The molecule has 0 atom stereocenters. The second kappa shape index (κ2) is 12.2. The van der Waals surface area contributed by atoms with Gasteiger partial charge < -0.3 is 9.32 Å². The lowest BCUT2D eigenvalue weighted by atomic mass is 9.82. The van der Waals surface area contributed by atoms with Crippen molar-refractivity contribution in [2.24, 2.45) is 0 Å². The standard InChI is InChI=1S/C53H39NO/c1-53(2)48-20-9-7-18-44(48)45-28-27-40(33-49(45)53)54(39-25-22-35(23-26-39)42-19-11-15-34-12-5-6-16-41(34)42)50-21-10-8-17-43(50)38-24-29-51-46(31-38)47-30-36-13-3-4-14-37(36)32-52(47)55-51/h3-4,6-11,13-33H,5,12H2,1-2H3. The van der Waals surface area contributed by atoms with Crippen molar-refractivity contribution in [1.29, 1.82) is 0 Å². The molecule has 2 aliphatic carbocycles. The largest absolute Gasteiger partial charge is 0.456 e. The van der Waals surface area contributed by atoms with Gasteiger partial charge in [-0.05, 0) is 128 Å². The molecule has 0 amide bonds. The van der Waals surface area contributed by atoms with Crippen LogP contribution in [0.5, 0.6) is 0 Å². The Bertz CT molecular complexity index is 3010. The van der Waals surface area contributed by atoms with E-state index in [-0.39, 0.29) is 5.41 Å². The number of nitrogens with zero attached hydrogens (tertiary/aromatic N) is 1. The second-order valence-corrected chi connectivity index (χ2v) is 15.6. The number of rotatable bonds is 5. The summed E-state index contributed by atoms with van der Waals surface area (Å²) in [5.74, 6) is 0. The Morgan fingerprint density at radius 1 is 0.509 bits per heavy atom. The van der Waals surface area contributed by atoms with Crippen LogP contribution in [0.25, 0.3) is 72.2 Å². The van der Waals surface area contributed by atoms with Crippen LogP contribution < -0.4 is 4.90 Å². The van der Waals surface area contributed by atoms with E-state index in [0.29, 0.717) is 0 Å². The maximum Gasteiger partial charge on any atom is 0.136 e. The molecule has 2 nitrogen and oxygen atoms in total. The van der Waals surface area contributed by atoms with Crippen molar-refractivity contribution in [2.45, 2.75) is 32.1 Å². The van der Waals surface area contributed by atoms with Crippen LogP contribution in [0.15, 0.2) is 174 Å². The Balaban J connectivity index is 1.09. The summed E-state index contributed by atoms with van der Waals surface area (Å²) in [7, 11) is 0. The average molecular weight is 706 g/mol. The monoisotopic (exact) mass is 705 g/mol. The molecular weight excluding hydrogens is 667 g/mol. The number of aryl methyl sites for hydroxylation is 1. The predicted molar refractivity (Wildman–Crippen MR) is 232 cm³/mol. The first-order valence-electron chi connectivity index (χ1n) is 19.4. The summed E-state index contributed by atoms with van der Waals surface area (Å²) in [6.45, 7) is 4.72. The van der Waals surface area contributed by atoms with Gasteiger partial charge in [0.15, 0.2) is 0 Å². The zero-order chi connectivity index (χ0) is 36.7. The lowest BCUT2D eigenvalue weighted by Crippen LogP contribution is -2.16. The Kier molecular flexibility index (Phi) is 7.06. The van der Waals surface area contributed by atoms with E-state index in [0.717, 1.165) is 63.0 Å². The van der Waals surface area contributed by atoms with Gasteiger partial charge in [-0.1, -0.05) is 135 Å². The third kappa shape index (κ3) is 5.02. The van der Waals surface area contributed by atoms with Gasteiger partial charge >= 0.3 is 0 Å². The molecule has 0 spiro atoms. The Hall–Kier alpha value is -6.64. The highest BCUT2D eigenvalue weighted by atomic mass is 16.3. The van der Waals surface area contributed by atoms with E-state index in [1.165, 1.54) is 55.3 Å². The molecule has 0 fully saturated rings. The van der Waals surface area contributed by atoms with Gasteiger partial charge in [0.1, 0.15) is 11.2 Å². The molecule has 0 saturated heterocycles. The maximum atomic E-state index is 6.42. The average Bonchev–Trinajstić information content (AvgIpc) is 3.70. The molecule has 1 heterocycles. The van der Waals surface area contributed by atoms with Crippen molar-refractivity contribution in [2.75, 3.05) is 4.90 Å². The number of benzene rings is 8. The van der Waals surface area contributed by atoms with Gasteiger partial charge in [0.2, 0.25) is 0 Å². The topological polar surface area (TPSA) is 16.4 Å². The minimum absolute atomic E-state index is 0.117. The number of hydrogen-bond acceptors (Lipinski definition) is 2. The highest BCUT2D eigenvalue weighted by molar-refractivity contribution is 6.11. The van der Waals surface area contributed by atoms with Crippen LogP contribution in [-0.2, 0) is 11.8 Å².